The van der Waals surface area contributed by atoms with Gasteiger partial charge in [0.15, 0.2) is 5.78 Å². The maximum atomic E-state index is 12.3. The number of hydrogen-bond acceptors (Lipinski definition) is 4. The van der Waals surface area contributed by atoms with Gasteiger partial charge < -0.3 is 0 Å². The molecule has 116 valence electrons. The van der Waals surface area contributed by atoms with Crippen LogP contribution in [0.25, 0.3) is 0 Å². The zero-order chi connectivity index (χ0) is 15.2. The number of ketones is 1. The molecule has 0 N–H and O–H groups in total. The van der Waals surface area contributed by atoms with E-state index in [9.17, 15) is 4.79 Å². The number of nitrogens with zero attached hydrogens (tertiary/aromatic N) is 2. The Balaban J connectivity index is 1.86. The van der Waals surface area contributed by atoms with Gasteiger partial charge in [0.05, 0.1) is 6.54 Å². The average Bonchev–Trinajstić information content (AvgIpc) is 2.94. The Morgan fingerprint density at radius 1 is 1.38 bits per heavy atom. The van der Waals surface area contributed by atoms with Crippen molar-refractivity contribution in [3.05, 3.63) is 29.8 Å². The predicted octanol–water partition coefficient (Wildman–Crippen LogP) is 3.01. The predicted molar refractivity (Wildman–Crippen MR) is 90.3 cm³/mol. The molecule has 3 nitrogen and oxygen atoms in total. The Morgan fingerprint density at radius 2 is 2.10 bits per heavy atom. The minimum Gasteiger partial charge on any atom is -0.299 e. The van der Waals surface area contributed by atoms with E-state index >= 15 is 0 Å². The largest absolute Gasteiger partial charge is 0.299 e. The molecule has 1 aliphatic heterocycles. The summed E-state index contributed by atoms with van der Waals surface area (Å²) in [5.74, 6) is 0.214. The van der Waals surface area contributed by atoms with Crippen molar-refractivity contribution in [1.29, 1.82) is 0 Å². The van der Waals surface area contributed by atoms with Crippen LogP contribution in [0.5, 0.6) is 0 Å². The summed E-state index contributed by atoms with van der Waals surface area (Å²) in [6.45, 7) is 6.04. The fraction of sp³-hybridized carbons (Fsp3) is 0.588. The highest BCUT2D eigenvalue weighted by molar-refractivity contribution is 7.98. The van der Waals surface area contributed by atoms with Crippen LogP contribution in [0.1, 0.15) is 30.1 Å². The maximum Gasteiger partial charge on any atom is 0.176 e. The molecular weight excluding hydrogens is 280 g/mol. The molecule has 4 heteroatoms. The number of likely N-dealkylation sites (tertiary alicyclic amines) is 1. The van der Waals surface area contributed by atoms with Gasteiger partial charge in [0, 0.05) is 23.0 Å². The third-order valence-corrected chi connectivity index (χ3v) is 5.00. The summed E-state index contributed by atoms with van der Waals surface area (Å²) >= 11 is 1.70. The van der Waals surface area contributed by atoms with E-state index in [0.717, 1.165) is 18.7 Å². The van der Waals surface area contributed by atoms with Gasteiger partial charge >= 0.3 is 0 Å². The molecule has 0 aromatic heterocycles. The number of hydrogen-bond donors (Lipinski definition) is 0. The quantitative estimate of drug-likeness (QED) is 0.571. The summed E-state index contributed by atoms with van der Waals surface area (Å²) in [7, 11) is 2.06. The van der Waals surface area contributed by atoms with Crippen LogP contribution in [0.2, 0.25) is 0 Å². The molecule has 0 bridgehead atoms. The molecule has 1 aromatic rings. The van der Waals surface area contributed by atoms with Crippen molar-refractivity contribution in [1.82, 2.24) is 9.80 Å². The second-order valence-electron chi connectivity index (χ2n) is 5.77. The van der Waals surface area contributed by atoms with E-state index in [4.69, 9.17) is 0 Å². The monoisotopic (exact) mass is 306 g/mol. The van der Waals surface area contributed by atoms with Crippen LogP contribution in [-0.4, -0.2) is 61.1 Å². The fourth-order valence-electron chi connectivity index (χ4n) is 3.06. The molecule has 0 spiro atoms. The van der Waals surface area contributed by atoms with E-state index in [1.807, 2.05) is 30.5 Å². The van der Waals surface area contributed by atoms with Gasteiger partial charge in [0.2, 0.25) is 0 Å². The van der Waals surface area contributed by atoms with E-state index < -0.39 is 0 Å². The van der Waals surface area contributed by atoms with Crippen molar-refractivity contribution in [3.63, 3.8) is 0 Å². The van der Waals surface area contributed by atoms with E-state index in [-0.39, 0.29) is 5.78 Å². The molecular formula is C17H26N2OS. The van der Waals surface area contributed by atoms with E-state index in [1.165, 1.54) is 24.3 Å². The van der Waals surface area contributed by atoms with Crippen molar-refractivity contribution in [2.24, 2.45) is 0 Å². The lowest BCUT2D eigenvalue weighted by atomic mass is 10.1. The minimum atomic E-state index is 0.214. The van der Waals surface area contributed by atoms with Crippen molar-refractivity contribution in [3.8, 4) is 0 Å². The van der Waals surface area contributed by atoms with E-state index in [1.54, 1.807) is 11.8 Å². The third kappa shape index (κ3) is 4.56. The first kappa shape index (κ1) is 16.5. The molecule has 0 radical (unpaired) electrons. The van der Waals surface area contributed by atoms with Crippen LogP contribution in [0.4, 0.5) is 0 Å². The Kier molecular flexibility index (Phi) is 6.27. The normalized spacial score (nSPS) is 19.3. The topological polar surface area (TPSA) is 23.6 Å². The molecule has 0 saturated carbocycles. The van der Waals surface area contributed by atoms with Crippen LogP contribution in [0.15, 0.2) is 29.2 Å². The van der Waals surface area contributed by atoms with Crippen LogP contribution in [0, 0.1) is 0 Å². The number of benzene rings is 1. The first-order valence-electron chi connectivity index (χ1n) is 7.74. The van der Waals surface area contributed by atoms with E-state index in [0.29, 0.717) is 12.6 Å². The second-order valence-corrected chi connectivity index (χ2v) is 6.65. The average molecular weight is 306 g/mol. The van der Waals surface area contributed by atoms with Gasteiger partial charge in [0.1, 0.15) is 0 Å². The number of rotatable bonds is 7. The SMILES string of the molecule is CCN1CCCC1CN(C)CC(=O)c1ccc(SC)cc1. The first-order valence-corrected chi connectivity index (χ1v) is 8.96. The van der Waals surface area contributed by atoms with E-state index in [2.05, 4.69) is 23.8 Å². The lowest BCUT2D eigenvalue weighted by Crippen LogP contribution is -2.40. The second kappa shape index (κ2) is 7.97. The summed E-state index contributed by atoms with van der Waals surface area (Å²) in [4.78, 5) is 18.2. The molecule has 2 rings (SSSR count). The molecule has 1 aromatic carbocycles. The zero-order valence-electron chi connectivity index (χ0n) is 13.3. The molecule has 1 aliphatic rings. The van der Waals surface area contributed by atoms with Crippen molar-refractivity contribution >= 4 is 17.5 Å². The Labute approximate surface area is 132 Å². The third-order valence-electron chi connectivity index (χ3n) is 4.25. The molecule has 1 heterocycles. The van der Waals surface area contributed by atoms with Crippen LogP contribution in [-0.2, 0) is 0 Å². The molecule has 1 atom stereocenters. The van der Waals surface area contributed by atoms with Crippen LogP contribution in [0.3, 0.4) is 0 Å². The molecule has 1 fully saturated rings. The summed E-state index contributed by atoms with van der Waals surface area (Å²) in [5.41, 5.74) is 0.818. The molecule has 1 saturated heterocycles. The lowest BCUT2D eigenvalue weighted by molar-refractivity contribution is 0.0929. The maximum absolute atomic E-state index is 12.3. The Hall–Kier alpha value is -0.840. The van der Waals surface area contributed by atoms with Crippen molar-refractivity contribution in [2.75, 3.05) is 39.5 Å². The standard InChI is InChI=1S/C17H26N2OS/c1-4-19-11-5-6-15(19)12-18(2)13-17(20)14-7-9-16(21-3)10-8-14/h7-10,15H,4-6,11-13H2,1-3H3. The van der Waals surface area contributed by atoms with Gasteiger partial charge in [-0.2, -0.15) is 0 Å². The zero-order valence-corrected chi connectivity index (χ0v) is 14.2. The highest BCUT2D eigenvalue weighted by Gasteiger charge is 2.24. The minimum absolute atomic E-state index is 0.214. The summed E-state index contributed by atoms with van der Waals surface area (Å²) in [5, 5.41) is 0. The number of thioether (sulfide) groups is 1. The highest BCUT2D eigenvalue weighted by Crippen LogP contribution is 2.18. The number of Topliss-reactive ketones (excluding diaryl/α,β-unsaturated/α-hetero) is 1. The van der Waals surface area contributed by atoms with Gasteiger partial charge in [-0.25, -0.2) is 0 Å². The van der Waals surface area contributed by atoms with Gasteiger partial charge in [-0.15, -0.1) is 11.8 Å². The number of carbonyl (C=O) groups excluding carboxylic acids is 1. The first-order chi connectivity index (χ1) is 10.1. The van der Waals surface area contributed by atoms with Gasteiger partial charge in [-0.3, -0.25) is 14.6 Å². The summed E-state index contributed by atoms with van der Waals surface area (Å²) in [6.07, 6.45) is 4.59. The summed E-state index contributed by atoms with van der Waals surface area (Å²) in [6, 6.07) is 8.54. The van der Waals surface area contributed by atoms with Gasteiger partial charge in [0.25, 0.3) is 0 Å². The van der Waals surface area contributed by atoms with Gasteiger partial charge in [-0.05, 0) is 51.4 Å². The fourth-order valence-corrected chi connectivity index (χ4v) is 3.46. The highest BCUT2D eigenvalue weighted by atomic mass is 32.2. The smallest absolute Gasteiger partial charge is 0.176 e. The molecule has 1 unspecified atom stereocenters. The van der Waals surface area contributed by atoms with Crippen molar-refractivity contribution in [2.45, 2.75) is 30.7 Å². The lowest BCUT2D eigenvalue weighted by Gasteiger charge is -2.27. The Morgan fingerprint density at radius 3 is 2.71 bits per heavy atom. The Bertz CT molecular complexity index is 460. The molecule has 0 aliphatic carbocycles. The van der Waals surface area contributed by atoms with Gasteiger partial charge in [-0.1, -0.05) is 19.1 Å². The number of likely N-dealkylation sites (N-methyl/N-ethyl adjacent to an activating group) is 2. The molecule has 21 heavy (non-hydrogen) atoms. The van der Waals surface area contributed by atoms with Crippen molar-refractivity contribution < 1.29 is 4.79 Å². The summed E-state index contributed by atoms with van der Waals surface area (Å²) < 4.78 is 0. The molecule has 0 amide bonds. The van der Waals surface area contributed by atoms with Crippen LogP contribution < -0.4 is 0 Å². The number of carbonyl (C=O) groups is 1. The van der Waals surface area contributed by atoms with Crippen LogP contribution >= 0.6 is 11.8 Å².